The Labute approximate surface area is 143 Å². The lowest BCUT2D eigenvalue weighted by atomic mass is 10.2. The van der Waals surface area contributed by atoms with Gasteiger partial charge in [-0.15, -0.1) is 0 Å². The van der Waals surface area contributed by atoms with Gasteiger partial charge in [0.25, 0.3) is 5.91 Å². The molecule has 0 aliphatic rings. The first-order chi connectivity index (χ1) is 12.3. The molecule has 0 unspecified atom stereocenters. The Kier molecular flexibility index (Phi) is 3.96. The van der Waals surface area contributed by atoms with Crippen LogP contribution in [-0.4, -0.2) is 30.9 Å². The summed E-state index contributed by atoms with van der Waals surface area (Å²) in [4.78, 5) is 16.6. The van der Waals surface area contributed by atoms with Crippen molar-refractivity contribution in [3.63, 3.8) is 0 Å². The highest BCUT2D eigenvalue weighted by Gasteiger charge is 2.12. The molecule has 7 nitrogen and oxygen atoms in total. The normalized spacial score (nSPS) is 10.9. The molecule has 0 bridgehead atoms. The van der Waals surface area contributed by atoms with E-state index in [0.29, 0.717) is 17.9 Å². The molecule has 0 saturated carbocycles. The monoisotopic (exact) mass is 332 g/mol. The molecule has 3 heterocycles. The first kappa shape index (κ1) is 15.1. The Bertz CT molecular complexity index is 1000. The van der Waals surface area contributed by atoms with Gasteiger partial charge in [-0.2, -0.15) is 10.2 Å². The number of nitrogens with zero attached hydrogens (tertiary/aromatic N) is 4. The molecule has 0 spiro atoms. The van der Waals surface area contributed by atoms with Gasteiger partial charge in [0.05, 0.1) is 11.7 Å². The van der Waals surface area contributed by atoms with Gasteiger partial charge in [0.1, 0.15) is 5.69 Å². The van der Waals surface area contributed by atoms with E-state index in [-0.39, 0.29) is 5.91 Å². The Hall–Kier alpha value is -3.48. The minimum Gasteiger partial charge on any atom is -0.321 e. The molecule has 3 aromatic heterocycles. The van der Waals surface area contributed by atoms with Crippen LogP contribution in [0.3, 0.4) is 0 Å². The predicted molar refractivity (Wildman–Crippen MR) is 94.2 cm³/mol. The summed E-state index contributed by atoms with van der Waals surface area (Å²) in [6.45, 7) is 0.624. The van der Waals surface area contributed by atoms with Gasteiger partial charge in [0.15, 0.2) is 0 Å². The van der Waals surface area contributed by atoms with E-state index in [4.69, 9.17) is 0 Å². The number of hydrogen-bond acceptors (Lipinski definition) is 4. The van der Waals surface area contributed by atoms with Gasteiger partial charge >= 0.3 is 0 Å². The number of rotatable bonds is 5. The van der Waals surface area contributed by atoms with E-state index in [1.165, 1.54) is 0 Å². The molecule has 124 valence electrons. The van der Waals surface area contributed by atoms with Gasteiger partial charge in [-0.3, -0.25) is 19.6 Å². The number of fused-ring (bicyclic) bond motifs is 1. The number of benzene rings is 1. The van der Waals surface area contributed by atoms with E-state index < -0.39 is 0 Å². The lowest BCUT2D eigenvalue weighted by Gasteiger charge is -2.09. The van der Waals surface area contributed by atoms with Crippen LogP contribution in [0.15, 0.2) is 61.2 Å². The first-order valence-corrected chi connectivity index (χ1v) is 7.95. The SMILES string of the molecule is O=C(Nc1ccc2cn[nH]c2c1)c1ccnn1CCc1ccncc1. The number of pyridine rings is 1. The van der Waals surface area contributed by atoms with Crippen molar-refractivity contribution < 1.29 is 4.79 Å². The Morgan fingerprint density at radius 1 is 1.12 bits per heavy atom. The van der Waals surface area contributed by atoms with Gasteiger partial charge in [-0.25, -0.2) is 0 Å². The molecule has 0 aliphatic heterocycles. The molecule has 0 fully saturated rings. The number of anilines is 1. The number of carbonyl (C=O) groups is 1. The smallest absolute Gasteiger partial charge is 0.273 e. The maximum absolute atomic E-state index is 12.6. The number of nitrogens with one attached hydrogen (secondary N) is 2. The molecule has 0 atom stereocenters. The molecular weight excluding hydrogens is 316 g/mol. The highest BCUT2D eigenvalue weighted by Crippen LogP contribution is 2.17. The number of H-pyrrole nitrogens is 1. The second kappa shape index (κ2) is 6.56. The maximum atomic E-state index is 12.6. The summed E-state index contributed by atoms with van der Waals surface area (Å²) in [7, 11) is 0. The Balaban J connectivity index is 1.48. The molecule has 0 radical (unpaired) electrons. The van der Waals surface area contributed by atoms with Crippen molar-refractivity contribution in [1.29, 1.82) is 0 Å². The number of hydrogen-bond donors (Lipinski definition) is 2. The van der Waals surface area contributed by atoms with E-state index >= 15 is 0 Å². The van der Waals surface area contributed by atoms with Crippen LogP contribution in [0.5, 0.6) is 0 Å². The zero-order valence-electron chi connectivity index (χ0n) is 13.4. The fraction of sp³-hybridized carbons (Fsp3) is 0.111. The van der Waals surface area contributed by atoms with Crippen molar-refractivity contribution in [1.82, 2.24) is 25.0 Å². The van der Waals surface area contributed by atoms with Crippen LogP contribution in [0.4, 0.5) is 5.69 Å². The molecule has 7 heteroatoms. The number of aryl methyl sites for hydroxylation is 2. The summed E-state index contributed by atoms with van der Waals surface area (Å²) in [5, 5.41) is 15.0. The summed E-state index contributed by atoms with van der Waals surface area (Å²) in [6.07, 6.45) is 7.69. The molecule has 25 heavy (non-hydrogen) atoms. The third-order valence-corrected chi connectivity index (χ3v) is 4.01. The number of aromatic nitrogens is 5. The van der Waals surface area contributed by atoms with Crippen LogP contribution in [-0.2, 0) is 13.0 Å². The average molecular weight is 332 g/mol. The van der Waals surface area contributed by atoms with E-state index in [1.807, 2.05) is 30.3 Å². The molecule has 0 aliphatic carbocycles. The number of amides is 1. The van der Waals surface area contributed by atoms with Crippen LogP contribution in [0.1, 0.15) is 16.1 Å². The zero-order chi connectivity index (χ0) is 17.1. The van der Waals surface area contributed by atoms with Gasteiger partial charge in [-0.1, -0.05) is 0 Å². The maximum Gasteiger partial charge on any atom is 0.273 e. The molecule has 1 aromatic carbocycles. The summed E-state index contributed by atoms with van der Waals surface area (Å²) in [5.74, 6) is -0.189. The first-order valence-electron chi connectivity index (χ1n) is 7.95. The summed E-state index contributed by atoms with van der Waals surface area (Å²) in [5.41, 5.74) is 3.27. The van der Waals surface area contributed by atoms with Crippen molar-refractivity contribution in [2.24, 2.45) is 0 Å². The molecule has 4 aromatic rings. The minimum absolute atomic E-state index is 0.189. The standard InChI is InChI=1S/C18H16N6O/c25-18(22-15-2-1-14-12-20-23-16(14)11-15)17-5-9-21-24(17)10-6-13-3-7-19-8-4-13/h1-5,7-9,11-12H,6,10H2,(H,20,23)(H,22,25). The second-order valence-corrected chi connectivity index (χ2v) is 5.67. The lowest BCUT2D eigenvalue weighted by Crippen LogP contribution is -2.18. The van der Waals surface area contributed by atoms with Crippen LogP contribution >= 0.6 is 0 Å². The fourth-order valence-corrected chi connectivity index (χ4v) is 2.70. The van der Waals surface area contributed by atoms with Crippen LogP contribution in [0.25, 0.3) is 10.9 Å². The van der Waals surface area contributed by atoms with E-state index in [1.54, 1.807) is 35.5 Å². The van der Waals surface area contributed by atoms with Crippen molar-refractivity contribution in [2.75, 3.05) is 5.32 Å². The van der Waals surface area contributed by atoms with Crippen LogP contribution in [0.2, 0.25) is 0 Å². The molecule has 4 rings (SSSR count). The number of carbonyl (C=O) groups excluding carboxylic acids is 1. The van der Waals surface area contributed by atoms with Crippen LogP contribution < -0.4 is 5.32 Å². The minimum atomic E-state index is -0.189. The van der Waals surface area contributed by atoms with Crippen molar-refractivity contribution in [2.45, 2.75) is 13.0 Å². The molecule has 0 saturated heterocycles. The van der Waals surface area contributed by atoms with Gasteiger partial charge in [-0.05, 0) is 48.4 Å². The molecule has 1 amide bonds. The van der Waals surface area contributed by atoms with E-state index in [0.717, 1.165) is 22.9 Å². The summed E-state index contributed by atoms with van der Waals surface area (Å²) in [6, 6.07) is 11.3. The topological polar surface area (TPSA) is 88.5 Å². The number of aromatic amines is 1. The van der Waals surface area contributed by atoms with E-state index in [9.17, 15) is 4.79 Å². The summed E-state index contributed by atoms with van der Waals surface area (Å²) < 4.78 is 1.71. The van der Waals surface area contributed by atoms with Gasteiger partial charge in [0, 0.05) is 36.2 Å². The zero-order valence-corrected chi connectivity index (χ0v) is 13.4. The lowest BCUT2D eigenvalue weighted by molar-refractivity contribution is 0.101. The summed E-state index contributed by atoms with van der Waals surface area (Å²) >= 11 is 0. The van der Waals surface area contributed by atoms with Crippen molar-refractivity contribution >= 4 is 22.5 Å². The Morgan fingerprint density at radius 2 is 2.00 bits per heavy atom. The third kappa shape index (κ3) is 3.25. The van der Waals surface area contributed by atoms with Gasteiger partial charge < -0.3 is 5.32 Å². The predicted octanol–water partition coefficient (Wildman–Crippen LogP) is 2.65. The molecular formula is C18H16N6O. The Morgan fingerprint density at radius 3 is 2.88 bits per heavy atom. The van der Waals surface area contributed by atoms with Crippen LogP contribution in [0, 0.1) is 0 Å². The quantitative estimate of drug-likeness (QED) is 0.588. The largest absolute Gasteiger partial charge is 0.321 e. The van der Waals surface area contributed by atoms with Crippen molar-refractivity contribution in [3.05, 3.63) is 72.4 Å². The highest BCUT2D eigenvalue weighted by molar-refractivity contribution is 6.03. The highest BCUT2D eigenvalue weighted by atomic mass is 16.2. The third-order valence-electron chi connectivity index (χ3n) is 4.01. The second-order valence-electron chi connectivity index (χ2n) is 5.67. The fourth-order valence-electron chi connectivity index (χ4n) is 2.70. The molecule has 2 N–H and O–H groups in total. The van der Waals surface area contributed by atoms with E-state index in [2.05, 4.69) is 25.6 Å². The average Bonchev–Trinajstić information content (AvgIpc) is 3.29. The van der Waals surface area contributed by atoms with Gasteiger partial charge in [0.2, 0.25) is 0 Å². The van der Waals surface area contributed by atoms with Crippen molar-refractivity contribution in [3.8, 4) is 0 Å².